The van der Waals surface area contributed by atoms with Crippen LogP contribution in [0, 0.1) is 17.1 Å². The Hall–Kier alpha value is -5.59. The summed E-state index contributed by atoms with van der Waals surface area (Å²) < 4.78 is 27.5. The molecule has 218 valence electrons. The van der Waals surface area contributed by atoms with Crippen molar-refractivity contribution in [1.82, 2.24) is 14.5 Å². The van der Waals surface area contributed by atoms with Gasteiger partial charge in [-0.2, -0.15) is 5.26 Å². The number of aromatic carboxylic acids is 1. The van der Waals surface area contributed by atoms with Gasteiger partial charge in [0.05, 0.1) is 40.5 Å². The maximum absolute atomic E-state index is 14.4. The van der Waals surface area contributed by atoms with Crippen LogP contribution < -0.4 is 4.74 Å². The largest absolute Gasteiger partial charge is 0.478 e. The molecule has 0 radical (unpaired) electrons. The Bertz CT molecular complexity index is 2060. The van der Waals surface area contributed by atoms with Gasteiger partial charge in [0.15, 0.2) is 0 Å². The van der Waals surface area contributed by atoms with E-state index in [4.69, 9.17) is 24.7 Å². The van der Waals surface area contributed by atoms with E-state index in [9.17, 15) is 14.3 Å². The highest BCUT2D eigenvalue weighted by molar-refractivity contribution is 5.98. The summed E-state index contributed by atoms with van der Waals surface area (Å²) in [4.78, 5) is 21.2. The van der Waals surface area contributed by atoms with Crippen molar-refractivity contribution < 1.29 is 23.8 Å². The molecular weight excluding hydrogens is 559 g/mol. The van der Waals surface area contributed by atoms with Crippen molar-refractivity contribution in [3.8, 4) is 23.2 Å². The number of nitriles is 1. The summed E-state index contributed by atoms with van der Waals surface area (Å²) in [6, 6.07) is 28.8. The van der Waals surface area contributed by atoms with E-state index in [0.29, 0.717) is 36.7 Å². The van der Waals surface area contributed by atoms with Gasteiger partial charge in [0, 0.05) is 37.3 Å². The van der Waals surface area contributed by atoms with E-state index in [1.54, 1.807) is 43.5 Å². The molecule has 0 saturated carbocycles. The van der Waals surface area contributed by atoms with Crippen LogP contribution in [0.3, 0.4) is 0 Å². The fourth-order valence-corrected chi connectivity index (χ4v) is 5.31. The Morgan fingerprint density at radius 2 is 1.77 bits per heavy atom. The number of rotatable bonds is 10. The Morgan fingerprint density at radius 3 is 2.55 bits per heavy atom. The highest BCUT2D eigenvalue weighted by Crippen LogP contribution is 2.32. The monoisotopic (exact) mass is 586 g/mol. The lowest BCUT2D eigenvalue weighted by molar-refractivity contribution is 0.0697. The van der Waals surface area contributed by atoms with Gasteiger partial charge in [0.2, 0.25) is 5.88 Å². The molecule has 8 nitrogen and oxygen atoms in total. The quantitative estimate of drug-likeness (QED) is 0.188. The molecule has 0 amide bonds. The summed E-state index contributed by atoms with van der Waals surface area (Å²) >= 11 is 0. The molecule has 0 aliphatic heterocycles. The minimum Gasteiger partial charge on any atom is -0.478 e. The average Bonchev–Trinajstić information content (AvgIpc) is 3.39. The summed E-state index contributed by atoms with van der Waals surface area (Å²) in [5, 5.41) is 20.5. The normalized spacial score (nSPS) is 11.1. The minimum atomic E-state index is -0.987. The van der Waals surface area contributed by atoms with E-state index < -0.39 is 11.8 Å². The number of hydrogen-bond donors (Lipinski definition) is 1. The molecule has 44 heavy (non-hydrogen) atoms. The van der Waals surface area contributed by atoms with Crippen molar-refractivity contribution in [2.45, 2.75) is 19.6 Å². The van der Waals surface area contributed by atoms with Crippen LogP contribution in [-0.2, 0) is 24.3 Å². The summed E-state index contributed by atoms with van der Waals surface area (Å²) in [5.41, 5.74) is 4.95. The number of aromatic nitrogens is 3. The van der Waals surface area contributed by atoms with Gasteiger partial charge < -0.3 is 19.1 Å². The number of fused-ring (bicyclic) bond motifs is 2. The number of nitrogens with zero attached hydrogens (tertiary/aromatic N) is 4. The second-order valence-corrected chi connectivity index (χ2v) is 10.2. The fraction of sp³-hybridized carbons (Fsp3) is 0.143. The van der Waals surface area contributed by atoms with E-state index in [0.717, 1.165) is 38.8 Å². The number of carboxylic acid groups (broad SMARTS) is 1. The third kappa shape index (κ3) is 5.71. The van der Waals surface area contributed by atoms with Crippen molar-refractivity contribution >= 4 is 27.8 Å². The van der Waals surface area contributed by atoms with Gasteiger partial charge >= 0.3 is 5.97 Å². The highest BCUT2D eigenvalue weighted by Gasteiger charge is 2.17. The first kappa shape index (κ1) is 28.5. The average molecular weight is 587 g/mol. The van der Waals surface area contributed by atoms with Gasteiger partial charge in [-0.05, 0) is 52.7 Å². The first-order chi connectivity index (χ1) is 21.4. The molecule has 2 heterocycles. The van der Waals surface area contributed by atoms with Crippen molar-refractivity contribution in [2.75, 3.05) is 13.7 Å². The molecule has 0 atom stereocenters. The lowest BCUT2D eigenvalue weighted by atomic mass is 9.96. The summed E-state index contributed by atoms with van der Waals surface area (Å²) in [6.45, 7) is 0.966. The van der Waals surface area contributed by atoms with Crippen molar-refractivity contribution in [3.05, 3.63) is 125 Å². The van der Waals surface area contributed by atoms with Crippen LogP contribution in [0.1, 0.15) is 32.9 Å². The minimum absolute atomic E-state index is 0.0221. The van der Waals surface area contributed by atoms with Crippen LogP contribution in [0.5, 0.6) is 5.88 Å². The Labute approximate surface area is 252 Å². The summed E-state index contributed by atoms with van der Waals surface area (Å²) in [6.07, 6.45) is 0.522. The molecule has 6 aromatic rings. The molecule has 0 aliphatic rings. The fourth-order valence-electron chi connectivity index (χ4n) is 5.31. The predicted octanol–water partition coefficient (Wildman–Crippen LogP) is 6.78. The lowest BCUT2D eigenvalue weighted by Crippen LogP contribution is -2.09. The summed E-state index contributed by atoms with van der Waals surface area (Å²) in [5.74, 6) is -0.327. The van der Waals surface area contributed by atoms with Gasteiger partial charge in [0.1, 0.15) is 18.2 Å². The van der Waals surface area contributed by atoms with Gasteiger partial charge in [0.25, 0.3) is 0 Å². The van der Waals surface area contributed by atoms with E-state index in [1.165, 1.54) is 6.07 Å². The lowest BCUT2D eigenvalue weighted by Gasteiger charge is -2.14. The zero-order valence-electron chi connectivity index (χ0n) is 23.8. The molecule has 0 fully saturated rings. The van der Waals surface area contributed by atoms with E-state index in [-0.39, 0.29) is 17.7 Å². The van der Waals surface area contributed by atoms with Crippen LogP contribution in [0.4, 0.5) is 4.39 Å². The Morgan fingerprint density at radius 1 is 0.955 bits per heavy atom. The van der Waals surface area contributed by atoms with Gasteiger partial charge in [-0.1, -0.05) is 48.5 Å². The zero-order chi connectivity index (χ0) is 30.6. The van der Waals surface area contributed by atoms with E-state index in [1.807, 2.05) is 47.0 Å². The second-order valence-electron chi connectivity index (χ2n) is 10.2. The number of pyridine rings is 1. The maximum atomic E-state index is 14.4. The van der Waals surface area contributed by atoms with Crippen LogP contribution in [0.25, 0.3) is 33.1 Å². The molecule has 1 N–H and O–H groups in total. The molecule has 9 heteroatoms. The van der Waals surface area contributed by atoms with Crippen molar-refractivity contribution in [3.63, 3.8) is 0 Å². The molecule has 0 bridgehead atoms. The summed E-state index contributed by atoms with van der Waals surface area (Å²) in [7, 11) is 1.63. The number of imidazole rings is 1. The van der Waals surface area contributed by atoms with Crippen LogP contribution in [0.15, 0.2) is 91.0 Å². The number of hydrogen-bond acceptors (Lipinski definition) is 6. The van der Waals surface area contributed by atoms with Gasteiger partial charge in [-0.3, -0.25) is 0 Å². The maximum Gasteiger partial charge on any atom is 0.335 e. The molecular formula is C35H27FN4O4. The van der Waals surface area contributed by atoms with Crippen LogP contribution in [-0.4, -0.2) is 39.3 Å². The smallest absolute Gasteiger partial charge is 0.335 e. The Balaban J connectivity index is 1.33. The van der Waals surface area contributed by atoms with Crippen LogP contribution in [0.2, 0.25) is 0 Å². The molecule has 0 aliphatic carbocycles. The number of methoxy groups -OCH3 is 1. The molecule has 2 aromatic heterocycles. The SMILES string of the molecule is COCCn1c(Cc2ccc(-c3cccc(OCc4ccc(C#N)cc4F)n3)c3ccccc23)nc2ccc(C(=O)O)cc21. The zero-order valence-corrected chi connectivity index (χ0v) is 23.8. The first-order valence-corrected chi connectivity index (χ1v) is 14.0. The van der Waals surface area contributed by atoms with Crippen molar-refractivity contribution in [1.29, 1.82) is 5.26 Å². The molecule has 6 rings (SSSR count). The van der Waals surface area contributed by atoms with E-state index >= 15 is 0 Å². The first-order valence-electron chi connectivity index (χ1n) is 14.0. The topological polar surface area (TPSA) is 110 Å². The van der Waals surface area contributed by atoms with Crippen LogP contribution >= 0.6 is 0 Å². The number of benzene rings is 4. The third-order valence-corrected chi connectivity index (χ3v) is 7.51. The van der Waals surface area contributed by atoms with E-state index in [2.05, 4.69) is 12.1 Å². The molecule has 0 spiro atoms. The van der Waals surface area contributed by atoms with Gasteiger partial charge in [-0.25, -0.2) is 19.2 Å². The molecule has 0 unspecified atom stereocenters. The Kier molecular flexibility index (Phi) is 8.00. The third-order valence-electron chi connectivity index (χ3n) is 7.51. The predicted molar refractivity (Wildman–Crippen MR) is 164 cm³/mol. The number of carboxylic acids is 1. The molecule has 4 aromatic carbocycles. The number of halogens is 1. The number of ether oxygens (including phenoxy) is 2. The van der Waals surface area contributed by atoms with Gasteiger partial charge in [-0.15, -0.1) is 0 Å². The highest BCUT2D eigenvalue weighted by atomic mass is 19.1. The standard InChI is InChI=1S/C35H27FN4O4/c1-43-16-15-40-32-18-24(35(41)42)12-14-31(32)38-33(40)19-23-11-13-28(27-6-3-2-5-26(23)27)30-7-4-8-34(39-30)44-21-25-10-9-22(20-37)17-29(25)36/h2-14,17-18H,15-16,19,21H2,1H3,(H,41,42). The number of carbonyl (C=O) groups is 1. The van der Waals surface area contributed by atoms with Crippen molar-refractivity contribution in [2.24, 2.45) is 0 Å². The second kappa shape index (κ2) is 12.3. The molecule has 0 saturated heterocycles.